The second-order valence-electron chi connectivity index (χ2n) is 6.79. The summed E-state index contributed by atoms with van der Waals surface area (Å²) in [6, 6.07) is 21.2. The van der Waals surface area contributed by atoms with Gasteiger partial charge in [0.15, 0.2) is 5.16 Å². The number of hydrogen-bond donors (Lipinski definition) is 0. The molecule has 3 aromatic rings. The molecule has 0 bridgehead atoms. The summed E-state index contributed by atoms with van der Waals surface area (Å²) in [5, 5.41) is 1.59. The van der Waals surface area contributed by atoms with Crippen molar-refractivity contribution in [3.8, 4) is 0 Å². The standard InChI is InChI=1S/C22H23ClN4S/c1-28-22-24-12-11-20(25-22)26-13-15-27(16-14-26)21(17-5-3-2-4-6-17)18-7-9-19(23)10-8-18/h2-12,21H,13-16H2,1H3/t21-/m0/s1. The predicted octanol–water partition coefficient (Wildman–Crippen LogP) is 4.76. The van der Waals surface area contributed by atoms with E-state index in [1.54, 1.807) is 11.8 Å². The van der Waals surface area contributed by atoms with Crippen LogP contribution in [0.2, 0.25) is 5.02 Å². The number of piperazine rings is 1. The van der Waals surface area contributed by atoms with Crippen LogP contribution in [0.5, 0.6) is 0 Å². The van der Waals surface area contributed by atoms with Crippen molar-refractivity contribution in [1.29, 1.82) is 0 Å². The minimum absolute atomic E-state index is 0.229. The van der Waals surface area contributed by atoms with Crippen LogP contribution in [0.3, 0.4) is 0 Å². The Morgan fingerprint density at radius 1 is 0.893 bits per heavy atom. The maximum Gasteiger partial charge on any atom is 0.189 e. The summed E-state index contributed by atoms with van der Waals surface area (Å²) in [6.45, 7) is 3.84. The van der Waals surface area contributed by atoms with Crippen molar-refractivity contribution in [1.82, 2.24) is 14.9 Å². The molecule has 144 valence electrons. The molecule has 0 radical (unpaired) electrons. The second kappa shape index (κ2) is 8.95. The van der Waals surface area contributed by atoms with E-state index in [2.05, 4.69) is 62.2 Å². The SMILES string of the molecule is CSc1nccc(N2CCN([C@@H](c3ccccc3)c3ccc(Cl)cc3)CC2)n1. The molecule has 0 N–H and O–H groups in total. The van der Waals surface area contributed by atoms with E-state index < -0.39 is 0 Å². The molecule has 1 aliphatic heterocycles. The first-order chi connectivity index (χ1) is 13.7. The minimum Gasteiger partial charge on any atom is -0.354 e. The molecule has 1 aliphatic rings. The van der Waals surface area contributed by atoms with Crippen molar-refractivity contribution in [3.63, 3.8) is 0 Å². The van der Waals surface area contributed by atoms with Gasteiger partial charge in [-0.2, -0.15) is 0 Å². The molecule has 4 rings (SSSR count). The molecule has 4 nitrogen and oxygen atoms in total. The molecule has 0 spiro atoms. The Balaban J connectivity index is 1.54. The molecule has 1 saturated heterocycles. The van der Waals surface area contributed by atoms with Crippen LogP contribution in [0.25, 0.3) is 0 Å². The highest BCUT2D eigenvalue weighted by Crippen LogP contribution is 2.31. The third-order valence-electron chi connectivity index (χ3n) is 5.11. The van der Waals surface area contributed by atoms with E-state index in [1.165, 1.54) is 11.1 Å². The fourth-order valence-electron chi connectivity index (χ4n) is 3.71. The van der Waals surface area contributed by atoms with Crippen molar-refractivity contribution in [2.45, 2.75) is 11.2 Å². The maximum absolute atomic E-state index is 6.13. The van der Waals surface area contributed by atoms with Gasteiger partial charge in [-0.15, -0.1) is 0 Å². The number of halogens is 1. The Kier molecular flexibility index (Phi) is 6.15. The summed E-state index contributed by atoms with van der Waals surface area (Å²) in [4.78, 5) is 13.8. The lowest BCUT2D eigenvalue weighted by atomic mass is 9.96. The number of hydrogen-bond acceptors (Lipinski definition) is 5. The number of rotatable bonds is 5. The van der Waals surface area contributed by atoms with Crippen LogP contribution in [0.15, 0.2) is 72.0 Å². The first-order valence-electron chi connectivity index (χ1n) is 9.41. The first-order valence-corrected chi connectivity index (χ1v) is 11.0. The molecule has 0 amide bonds. The highest BCUT2D eigenvalue weighted by molar-refractivity contribution is 7.98. The van der Waals surface area contributed by atoms with Gasteiger partial charge >= 0.3 is 0 Å². The average Bonchev–Trinajstić information content (AvgIpc) is 2.76. The summed E-state index contributed by atoms with van der Waals surface area (Å²) in [5.41, 5.74) is 2.58. The minimum atomic E-state index is 0.229. The zero-order chi connectivity index (χ0) is 19.3. The maximum atomic E-state index is 6.13. The van der Waals surface area contributed by atoms with Gasteiger partial charge in [-0.3, -0.25) is 4.90 Å². The van der Waals surface area contributed by atoms with Gasteiger partial charge in [-0.25, -0.2) is 9.97 Å². The van der Waals surface area contributed by atoms with Crippen molar-refractivity contribution < 1.29 is 0 Å². The number of thioether (sulfide) groups is 1. The van der Waals surface area contributed by atoms with E-state index in [0.29, 0.717) is 0 Å². The van der Waals surface area contributed by atoms with E-state index in [0.717, 1.165) is 42.2 Å². The van der Waals surface area contributed by atoms with Gasteiger partial charge in [-0.05, 0) is 35.6 Å². The summed E-state index contributed by atoms with van der Waals surface area (Å²) < 4.78 is 0. The Hall–Kier alpha value is -2.08. The van der Waals surface area contributed by atoms with Gasteiger partial charge in [0, 0.05) is 37.4 Å². The largest absolute Gasteiger partial charge is 0.354 e. The van der Waals surface area contributed by atoms with Crippen molar-refractivity contribution >= 4 is 29.2 Å². The molecule has 0 saturated carbocycles. The van der Waals surface area contributed by atoms with Crippen LogP contribution in [-0.2, 0) is 0 Å². The molecule has 0 aliphatic carbocycles. The molecule has 28 heavy (non-hydrogen) atoms. The van der Waals surface area contributed by atoms with Crippen molar-refractivity contribution in [2.24, 2.45) is 0 Å². The van der Waals surface area contributed by atoms with Gasteiger partial charge in [-0.1, -0.05) is 65.8 Å². The van der Waals surface area contributed by atoms with Crippen molar-refractivity contribution in [3.05, 3.63) is 83.0 Å². The number of anilines is 1. The third-order valence-corrected chi connectivity index (χ3v) is 5.92. The molecule has 2 aromatic carbocycles. The number of aromatic nitrogens is 2. The highest BCUT2D eigenvalue weighted by atomic mass is 35.5. The van der Waals surface area contributed by atoms with Gasteiger partial charge < -0.3 is 4.90 Å². The summed E-state index contributed by atoms with van der Waals surface area (Å²) >= 11 is 7.70. The van der Waals surface area contributed by atoms with Crippen LogP contribution in [0, 0.1) is 0 Å². The van der Waals surface area contributed by atoms with E-state index >= 15 is 0 Å². The van der Waals surface area contributed by atoms with Crippen LogP contribution in [0.4, 0.5) is 5.82 Å². The quantitative estimate of drug-likeness (QED) is 0.447. The van der Waals surface area contributed by atoms with Crippen LogP contribution in [-0.4, -0.2) is 47.3 Å². The van der Waals surface area contributed by atoms with Gasteiger partial charge in [0.05, 0.1) is 6.04 Å². The molecule has 1 aromatic heterocycles. The lowest BCUT2D eigenvalue weighted by molar-refractivity contribution is 0.212. The third kappa shape index (κ3) is 4.32. The second-order valence-corrected chi connectivity index (χ2v) is 8.00. The molecule has 0 unspecified atom stereocenters. The topological polar surface area (TPSA) is 32.3 Å². The lowest BCUT2D eigenvalue weighted by Gasteiger charge is -2.40. The van der Waals surface area contributed by atoms with Gasteiger partial charge in [0.25, 0.3) is 0 Å². The van der Waals surface area contributed by atoms with Crippen LogP contribution >= 0.6 is 23.4 Å². The summed E-state index contributed by atoms with van der Waals surface area (Å²) in [7, 11) is 0. The fraction of sp³-hybridized carbons (Fsp3) is 0.273. The predicted molar refractivity (Wildman–Crippen MR) is 117 cm³/mol. The van der Waals surface area contributed by atoms with Crippen LogP contribution in [0.1, 0.15) is 17.2 Å². The highest BCUT2D eigenvalue weighted by Gasteiger charge is 2.27. The summed E-state index contributed by atoms with van der Waals surface area (Å²) in [5.74, 6) is 1.02. The Labute approximate surface area is 175 Å². The average molecular weight is 411 g/mol. The lowest BCUT2D eigenvalue weighted by Crippen LogP contribution is -2.48. The first kappa shape index (κ1) is 19.2. The van der Waals surface area contributed by atoms with E-state index in [9.17, 15) is 0 Å². The molecular formula is C22H23ClN4S. The van der Waals surface area contributed by atoms with Gasteiger partial charge in [0.1, 0.15) is 5.82 Å². The Morgan fingerprint density at radius 2 is 1.57 bits per heavy atom. The zero-order valence-electron chi connectivity index (χ0n) is 15.8. The number of nitrogens with zero attached hydrogens (tertiary/aromatic N) is 4. The Bertz CT molecular complexity index is 896. The monoisotopic (exact) mass is 410 g/mol. The van der Waals surface area contributed by atoms with E-state index in [-0.39, 0.29) is 6.04 Å². The molecule has 2 heterocycles. The van der Waals surface area contributed by atoms with Crippen molar-refractivity contribution in [2.75, 3.05) is 37.3 Å². The van der Waals surface area contributed by atoms with E-state index in [1.807, 2.05) is 30.7 Å². The normalized spacial score (nSPS) is 16.1. The molecule has 1 atom stereocenters. The molecule has 1 fully saturated rings. The van der Waals surface area contributed by atoms with Gasteiger partial charge in [0.2, 0.25) is 0 Å². The smallest absolute Gasteiger partial charge is 0.189 e. The Morgan fingerprint density at radius 3 is 2.25 bits per heavy atom. The molecule has 6 heteroatoms. The van der Waals surface area contributed by atoms with E-state index in [4.69, 9.17) is 11.6 Å². The number of benzene rings is 2. The zero-order valence-corrected chi connectivity index (χ0v) is 17.4. The fourth-order valence-corrected chi connectivity index (χ4v) is 4.19. The van der Waals surface area contributed by atoms with Crippen LogP contribution < -0.4 is 4.90 Å². The summed E-state index contributed by atoms with van der Waals surface area (Å²) in [6.07, 6.45) is 3.86. The molecular weight excluding hydrogens is 388 g/mol.